The van der Waals surface area contributed by atoms with Gasteiger partial charge in [0.15, 0.2) is 6.29 Å². The van der Waals surface area contributed by atoms with Crippen LogP contribution in [-0.2, 0) is 4.79 Å². The summed E-state index contributed by atoms with van der Waals surface area (Å²) in [5.41, 5.74) is 9.09. The van der Waals surface area contributed by atoms with Crippen LogP contribution in [-0.4, -0.2) is 47.8 Å². The Morgan fingerprint density at radius 3 is 2.46 bits per heavy atom. The summed E-state index contributed by atoms with van der Waals surface area (Å²) in [4.78, 5) is 22.9. The van der Waals surface area contributed by atoms with E-state index < -0.39 is 18.1 Å². The van der Waals surface area contributed by atoms with Gasteiger partial charge in [-0.3, -0.25) is 4.79 Å². The zero-order chi connectivity index (χ0) is 20.4. The lowest BCUT2D eigenvalue weighted by molar-refractivity contribution is -0.116. The number of nitrogen functional groups attached to an aromatic ring is 1. The Balaban J connectivity index is 1.91. The fourth-order valence-corrected chi connectivity index (χ4v) is 2.23. The molecule has 6 N–H and O–H groups in total. The number of benzene rings is 2. The molecule has 0 bridgehead atoms. The zero-order valence-electron chi connectivity index (χ0n) is 15.0. The normalized spacial score (nSPS) is 12.2. The van der Waals surface area contributed by atoms with Crippen LogP contribution in [0.15, 0.2) is 48.5 Å². The average molecular weight is 383 g/mol. The lowest BCUT2D eigenvalue weighted by Gasteiger charge is -2.19. The molecule has 1 amide bonds. The molecule has 0 spiro atoms. The number of hydrogen-bond donors (Lipinski definition) is 5. The van der Waals surface area contributed by atoms with E-state index in [1.54, 1.807) is 48.5 Å². The summed E-state index contributed by atoms with van der Waals surface area (Å²) in [5.74, 6) is 5.97. The highest BCUT2D eigenvalue weighted by atomic mass is 16.5. The molecule has 2 aromatic rings. The van der Waals surface area contributed by atoms with Gasteiger partial charge in [0.05, 0.1) is 6.04 Å². The van der Waals surface area contributed by atoms with E-state index in [2.05, 4.69) is 17.2 Å². The highest BCUT2D eigenvalue weighted by Crippen LogP contribution is 2.12. The van der Waals surface area contributed by atoms with Gasteiger partial charge in [0.1, 0.15) is 18.5 Å². The first-order valence-electron chi connectivity index (χ1n) is 8.42. The van der Waals surface area contributed by atoms with Crippen LogP contribution in [0.5, 0.6) is 5.75 Å². The Labute approximate surface area is 162 Å². The zero-order valence-corrected chi connectivity index (χ0v) is 15.0. The monoisotopic (exact) mass is 383 g/mol. The lowest BCUT2D eigenvalue weighted by Crippen LogP contribution is -2.49. The minimum absolute atomic E-state index is 0.177. The van der Waals surface area contributed by atoms with E-state index in [0.717, 1.165) is 0 Å². The first kappa shape index (κ1) is 20.9. The molecule has 0 heterocycles. The number of carbonyl (C=O) groups excluding carboxylic acids is 2. The summed E-state index contributed by atoms with van der Waals surface area (Å²) in [7, 11) is 0. The number of anilines is 1. The third-order valence-corrected chi connectivity index (χ3v) is 3.75. The number of ether oxygens (including phenoxy) is 1. The molecule has 0 aliphatic rings. The number of carbonyl (C=O) groups is 2. The van der Waals surface area contributed by atoms with Gasteiger partial charge < -0.3 is 30.9 Å². The van der Waals surface area contributed by atoms with Gasteiger partial charge in [-0.05, 0) is 48.5 Å². The van der Waals surface area contributed by atoms with Crippen LogP contribution in [0.1, 0.15) is 15.9 Å². The predicted octanol–water partition coefficient (Wildman–Crippen LogP) is 0.336. The standard InChI is InChI=1S/C20H21N3O5/c21-16-7-9-17(10-8-16)28-11-1-2-14-3-5-15(6-4-14)20(26)23-18(12-22-27)19(25)13-24/h3-10,13,18-19,22,25,27H,11-12,21H2,(H,23,26). The molecular weight excluding hydrogens is 362 g/mol. The fraction of sp³-hybridized carbons (Fsp3) is 0.200. The maximum Gasteiger partial charge on any atom is 0.251 e. The minimum atomic E-state index is -1.44. The van der Waals surface area contributed by atoms with Crippen LogP contribution in [0.4, 0.5) is 5.69 Å². The highest BCUT2D eigenvalue weighted by molar-refractivity contribution is 5.94. The van der Waals surface area contributed by atoms with Crippen LogP contribution < -0.4 is 21.3 Å². The Hall–Kier alpha value is -3.38. The Morgan fingerprint density at radius 1 is 1.18 bits per heavy atom. The van der Waals surface area contributed by atoms with Crippen LogP contribution in [0.3, 0.4) is 0 Å². The van der Waals surface area contributed by atoms with Gasteiger partial charge in [0.25, 0.3) is 5.91 Å². The average Bonchev–Trinajstić information content (AvgIpc) is 2.72. The fourth-order valence-electron chi connectivity index (χ4n) is 2.23. The third-order valence-electron chi connectivity index (χ3n) is 3.75. The summed E-state index contributed by atoms with van der Waals surface area (Å²) in [6.45, 7) is 0.0226. The summed E-state index contributed by atoms with van der Waals surface area (Å²) >= 11 is 0. The molecular formula is C20H21N3O5. The second-order valence-corrected chi connectivity index (χ2v) is 5.81. The Morgan fingerprint density at radius 2 is 1.86 bits per heavy atom. The second kappa shape index (κ2) is 10.7. The summed E-state index contributed by atoms with van der Waals surface area (Å²) in [6.07, 6.45) is -1.15. The molecule has 8 nitrogen and oxygen atoms in total. The van der Waals surface area contributed by atoms with Gasteiger partial charge in [-0.15, -0.1) is 0 Å². The molecule has 0 radical (unpaired) electrons. The van der Waals surface area contributed by atoms with Crippen LogP contribution in [0.25, 0.3) is 0 Å². The van der Waals surface area contributed by atoms with Gasteiger partial charge >= 0.3 is 0 Å². The molecule has 2 atom stereocenters. The summed E-state index contributed by atoms with van der Waals surface area (Å²) in [6, 6.07) is 12.5. The van der Waals surface area contributed by atoms with E-state index in [4.69, 9.17) is 15.7 Å². The van der Waals surface area contributed by atoms with E-state index in [1.165, 1.54) is 0 Å². The molecule has 0 aliphatic heterocycles. The van der Waals surface area contributed by atoms with E-state index in [-0.39, 0.29) is 19.4 Å². The number of aldehydes is 1. The van der Waals surface area contributed by atoms with E-state index in [9.17, 15) is 14.7 Å². The molecule has 2 unspecified atom stereocenters. The van der Waals surface area contributed by atoms with Gasteiger partial charge in [-0.25, -0.2) is 5.48 Å². The maximum atomic E-state index is 12.2. The number of hydroxylamine groups is 1. The molecule has 2 aromatic carbocycles. The van der Waals surface area contributed by atoms with Gasteiger partial charge in [-0.2, -0.15) is 0 Å². The minimum Gasteiger partial charge on any atom is -0.481 e. The van der Waals surface area contributed by atoms with Crippen molar-refractivity contribution < 1.29 is 24.6 Å². The molecule has 2 rings (SSSR count). The predicted molar refractivity (Wildman–Crippen MR) is 103 cm³/mol. The van der Waals surface area contributed by atoms with Crippen LogP contribution >= 0.6 is 0 Å². The molecule has 0 saturated carbocycles. The SMILES string of the molecule is Nc1ccc(OCC#Cc2ccc(C(=O)NC(CNO)C(O)C=O)cc2)cc1. The van der Waals surface area contributed by atoms with Gasteiger partial charge in [-0.1, -0.05) is 11.8 Å². The van der Waals surface area contributed by atoms with Crippen molar-refractivity contribution in [2.75, 3.05) is 18.9 Å². The quantitative estimate of drug-likeness (QED) is 0.192. The number of hydrogen-bond acceptors (Lipinski definition) is 7. The van der Waals surface area contributed by atoms with Gasteiger partial charge in [0.2, 0.25) is 0 Å². The van der Waals surface area contributed by atoms with E-state index in [1.807, 2.05) is 5.48 Å². The number of aliphatic hydroxyl groups is 1. The van der Waals surface area contributed by atoms with Crippen molar-refractivity contribution in [3.8, 4) is 17.6 Å². The molecule has 0 aliphatic carbocycles. The second-order valence-electron chi connectivity index (χ2n) is 5.81. The van der Waals surface area contributed by atoms with Crippen LogP contribution in [0, 0.1) is 11.8 Å². The van der Waals surface area contributed by atoms with E-state index in [0.29, 0.717) is 22.6 Å². The molecule has 28 heavy (non-hydrogen) atoms. The molecule has 146 valence electrons. The molecule has 8 heteroatoms. The number of nitrogens with two attached hydrogens (primary N) is 1. The van der Waals surface area contributed by atoms with Crippen molar-refractivity contribution in [1.29, 1.82) is 0 Å². The van der Waals surface area contributed by atoms with Crippen molar-refractivity contribution in [3.05, 3.63) is 59.7 Å². The van der Waals surface area contributed by atoms with E-state index >= 15 is 0 Å². The first-order valence-corrected chi connectivity index (χ1v) is 8.42. The number of amides is 1. The summed E-state index contributed by atoms with van der Waals surface area (Å²) in [5, 5.41) is 20.7. The third kappa shape index (κ3) is 6.41. The van der Waals surface area contributed by atoms with Crippen molar-refractivity contribution in [2.24, 2.45) is 0 Å². The molecule has 0 aromatic heterocycles. The molecule has 0 fully saturated rings. The number of nitrogens with one attached hydrogen (secondary N) is 2. The topological polar surface area (TPSA) is 134 Å². The smallest absolute Gasteiger partial charge is 0.251 e. The number of rotatable bonds is 8. The largest absolute Gasteiger partial charge is 0.481 e. The maximum absolute atomic E-state index is 12.2. The Kier molecular flexibility index (Phi) is 7.99. The number of aliphatic hydroxyl groups excluding tert-OH is 1. The lowest BCUT2D eigenvalue weighted by atomic mass is 10.1. The molecule has 0 saturated heterocycles. The Bertz CT molecular complexity index is 841. The van der Waals surface area contributed by atoms with Crippen LogP contribution in [0.2, 0.25) is 0 Å². The van der Waals surface area contributed by atoms with Gasteiger partial charge in [0, 0.05) is 23.4 Å². The van der Waals surface area contributed by atoms with Crippen molar-refractivity contribution >= 4 is 17.9 Å². The van der Waals surface area contributed by atoms with Crippen molar-refractivity contribution in [1.82, 2.24) is 10.8 Å². The van der Waals surface area contributed by atoms with Crippen molar-refractivity contribution in [3.63, 3.8) is 0 Å². The van der Waals surface area contributed by atoms with Crippen molar-refractivity contribution in [2.45, 2.75) is 12.1 Å². The first-order chi connectivity index (χ1) is 13.5. The summed E-state index contributed by atoms with van der Waals surface area (Å²) < 4.78 is 5.47. The highest BCUT2D eigenvalue weighted by Gasteiger charge is 2.21.